The molecule has 3 rings (SSSR count). The van der Waals surface area contributed by atoms with Gasteiger partial charge in [-0.15, -0.1) is 0 Å². The van der Waals surface area contributed by atoms with E-state index in [9.17, 15) is 18.0 Å². The van der Waals surface area contributed by atoms with Crippen LogP contribution in [0.15, 0.2) is 65.6 Å². The van der Waals surface area contributed by atoms with Gasteiger partial charge in [-0.05, 0) is 74.7 Å². The van der Waals surface area contributed by atoms with Gasteiger partial charge < -0.3 is 10.2 Å². The number of nitrogens with one attached hydrogen (secondary N) is 1. The fourth-order valence-electron chi connectivity index (χ4n) is 3.98. The molecule has 0 aliphatic rings. The number of aryl methyl sites for hydroxylation is 2. The second kappa shape index (κ2) is 12.2. The van der Waals surface area contributed by atoms with E-state index in [0.717, 1.165) is 21.0 Å². The molecular weight excluding hydrogens is 545 g/mol. The molecule has 38 heavy (non-hydrogen) atoms. The first-order valence-corrected chi connectivity index (χ1v) is 14.2. The van der Waals surface area contributed by atoms with Crippen molar-refractivity contribution in [3.8, 4) is 0 Å². The van der Waals surface area contributed by atoms with Crippen LogP contribution in [0.25, 0.3) is 0 Å². The van der Waals surface area contributed by atoms with Crippen LogP contribution in [0, 0.1) is 20.8 Å². The number of amides is 2. The van der Waals surface area contributed by atoms with Crippen LogP contribution in [0.2, 0.25) is 10.0 Å². The van der Waals surface area contributed by atoms with Gasteiger partial charge in [0, 0.05) is 23.6 Å². The van der Waals surface area contributed by atoms with Crippen molar-refractivity contribution in [2.45, 2.75) is 45.2 Å². The summed E-state index contributed by atoms with van der Waals surface area (Å²) in [5, 5.41) is 3.32. The minimum atomic E-state index is -4.14. The lowest BCUT2D eigenvalue weighted by Gasteiger charge is -2.32. The number of anilines is 1. The Morgan fingerprint density at radius 2 is 1.63 bits per heavy atom. The van der Waals surface area contributed by atoms with Gasteiger partial charge in [-0.25, -0.2) is 8.42 Å². The molecule has 0 fully saturated rings. The Labute approximate surface area is 234 Å². The van der Waals surface area contributed by atoms with Gasteiger partial charge in [-0.2, -0.15) is 0 Å². The molecule has 1 atom stereocenters. The van der Waals surface area contributed by atoms with Crippen molar-refractivity contribution in [2.75, 3.05) is 17.9 Å². The number of sulfonamides is 1. The van der Waals surface area contributed by atoms with Gasteiger partial charge >= 0.3 is 0 Å². The summed E-state index contributed by atoms with van der Waals surface area (Å²) in [5.41, 5.74) is 3.46. The molecule has 202 valence electrons. The van der Waals surface area contributed by atoms with Crippen molar-refractivity contribution in [3.05, 3.63) is 93.0 Å². The highest BCUT2D eigenvalue weighted by Gasteiger charge is 2.33. The van der Waals surface area contributed by atoms with Gasteiger partial charge in [0.1, 0.15) is 12.6 Å². The van der Waals surface area contributed by atoms with Gasteiger partial charge in [0.05, 0.1) is 10.6 Å². The van der Waals surface area contributed by atoms with Gasteiger partial charge in [0.25, 0.3) is 10.0 Å². The summed E-state index contributed by atoms with van der Waals surface area (Å²) >= 11 is 12.4. The molecule has 1 unspecified atom stereocenters. The van der Waals surface area contributed by atoms with Crippen LogP contribution in [0.1, 0.15) is 29.2 Å². The Morgan fingerprint density at radius 1 is 0.974 bits per heavy atom. The predicted molar refractivity (Wildman–Crippen MR) is 152 cm³/mol. The molecule has 1 N–H and O–H groups in total. The molecule has 10 heteroatoms. The summed E-state index contributed by atoms with van der Waals surface area (Å²) in [6.07, 6.45) is 0. The third-order valence-corrected chi connectivity index (χ3v) is 8.86. The van der Waals surface area contributed by atoms with Crippen LogP contribution in [0.4, 0.5) is 5.69 Å². The first-order chi connectivity index (χ1) is 17.9. The van der Waals surface area contributed by atoms with E-state index >= 15 is 0 Å². The van der Waals surface area contributed by atoms with Crippen LogP contribution >= 0.6 is 23.2 Å². The normalized spacial score (nSPS) is 12.1. The molecule has 0 saturated heterocycles. The molecule has 0 spiro atoms. The SMILES string of the molecule is CNC(=O)C(C)N(Cc1ccc(Cl)cc1Cl)C(=O)CN(c1cccc(C)c1C)S(=O)(=O)c1ccc(C)cc1. The second-order valence-corrected chi connectivity index (χ2v) is 11.8. The van der Waals surface area contributed by atoms with E-state index in [2.05, 4.69) is 5.32 Å². The highest BCUT2D eigenvalue weighted by Crippen LogP contribution is 2.30. The summed E-state index contributed by atoms with van der Waals surface area (Å²) < 4.78 is 28.9. The molecule has 7 nitrogen and oxygen atoms in total. The van der Waals surface area contributed by atoms with Crippen molar-refractivity contribution in [1.29, 1.82) is 0 Å². The first kappa shape index (κ1) is 29.5. The zero-order chi connectivity index (χ0) is 28.2. The third kappa shape index (κ3) is 6.49. The highest BCUT2D eigenvalue weighted by atomic mass is 35.5. The largest absolute Gasteiger partial charge is 0.357 e. The zero-order valence-electron chi connectivity index (χ0n) is 22.0. The number of carbonyl (C=O) groups excluding carboxylic acids is 2. The Bertz CT molecular complexity index is 1440. The van der Waals surface area contributed by atoms with E-state index in [4.69, 9.17) is 23.2 Å². The maximum Gasteiger partial charge on any atom is 0.264 e. The average Bonchev–Trinajstić information content (AvgIpc) is 2.88. The van der Waals surface area contributed by atoms with Gasteiger partial charge in [-0.1, -0.05) is 59.1 Å². The molecule has 3 aromatic rings. The maximum absolute atomic E-state index is 13.9. The highest BCUT2D eigenvalue weighted by molar-refractivity contribution is 7.92. The van der Waals surface area contributed by atoms with E-state index in [0.29, 0.717) is 21.3 Å². The van der Waals surface area contributed by atoms with Crippen molar-refractivity contribution in [1.82, 2.24) is 10.2 Å². The van der Waals surface area contributed by atoms with Crippen molar-refractivity contribution < 1.29 is 18.0 Å². The first-order valence-electron chi connectivity index (χ1n) is 12.0. The standard InChI is InChI=1S/C28H31Cl2N3O4S/c1-18-9-13-24(14-10-18)38(36,37)33(26-8-6-7-19(2)20(26)3)17-27(34)32(21(4)28(35)31-5)16-22-11-12-23(29)15-25(22)30/h6-15,21H,16-17H2,1-5H3,(H,31,35). The number of hydrogen-bond acceptors (Lipinski definition) is 4. The molecule has 0 aliphatic heterocycles. The Balaban J connectivity index is 2.09. The molecule has 3 aromatic carbocycles. The van der Waals surface area contributed by atoms with Crippen LogP contribution in [-0.2, 0) is 26.2 Å². The van der Waals surface area contributed by atoms with Gasteiger partial charge in [0.15, 0.2) is 0 Å². The van der Waals surface area contributed by atoms with Crippen LogP contribution in [0.3, 0.4) is 0 Å². The maximum atomic E-state index is 13.9. The summed E-state index contributed by atoms with van der Waals surface area (Å²) in [4.78, 5) is 27.8. The summed E-state index contributed by atoms with van der Waals surface area (Å²) in [6, 6.07) is 15.7. The number of hydrogen-bond donors (Lipinski definition) is 1. The van der Waals surface area contributed by atoms with Crippen molar-refractivity contribution >= 4 is 50.7 Å². The molecule has 0 aliphatic carbocycles. The fourth-order valence-corrected chi connectivity index (χ4v) is 5.92. The number of likely N-dealkylation sites (N-methyl/N-ethyl adjacent to an activating group) is 1. The van der Waals surface area contributed by atoms with Crippen LogP contribution in [-0.4, -0.2) is 44.8 Å². The third-order valence-electron chi connectivity index (χ3n) is 6.50. The predicted octanol–water partition coefficient (Wildman–Crippen LogP) is 5.28. The van der Waals surface area contributed by atoms with E-state index < -0.39 is 34.4 Å². The number of halogens is 2. The molecular formula is C28H31Cl2N3O4S. The van der Waals surface area contributed by atoms with Gasteiger partial charge in [0.2, 0.25) is 11.8 Å². The quantitative estimate of drug-likeness (QED) is 0.376. The van der Waals surface area contributed by atoms with E-state index in [-0.39, 0.29) is 11.4 Å². The number of rotatable bonds is 9. The second-order valence-electron chi connectivity index (χ2n) is 9.09. The number of benzene rings is 3. The van der Waals surface area contributed by atoms with Crippen molar-refractivity contribution in [3.63, 3.8) is 0 Å². The number of carbonyl (C=O) groups is 2. The van der Waals surface area contributed by atoms with E-state index in [1.807, 2.05) is 26.8 Å². The van der Waals surface area contributed by atoms with Crippen LogP contribution in [0.5, 0.6) is 0 Å². The minimum absolute atomic E-state index is 0.0192. The Kier molecular flexibility index (Phi) is 9.46. The molecule has 2 amide bonds. The minimum Gasteiger partial charge on any atom is -0.357 e. The molecule has 0 aromatic heterocycles. The molecule has 0 radical (unpaired) electrons. The summed E-state index contributed by atoms with van der Waals surface area (Å²) in [5.74, 6) is -0.966. The monoisotopic (exact) mass is 575 g/mol. The average molecular weight is 577 g/mol. The molecule has 0 bridgehead atoms. The summed E-state index contributed by atoms with van der Waals surface area (Å²) in [7, 11) is -2.66. The smallest absolute Gasteiger partial charge is 0.264 e. The fraction of sp³-hybridized carbons (Fsp3) is 0.286. The number of nitrogens with zero attached hydrogens (tertiary/aromatic N) is 2. The zero-order valence-corrected chi connectivity index (χ0v) is 24.3. The Hall–Kier alpha value is -3.07. The lowest BCUT2D eigenvalue weighted by Crippen LogP contribution is -2.50. The summed E-state index contributed by atoms with van der Waals surface area (Å²) in [6.45, 7) is 6.59. The van der Waals surface area contributed by atoms with Gasteiger partial charge in [-0.3, -0.25) is 13.9 Å². The molecule has 0 saturated carbocycles. The van der Waals surface area contributed by atoms with E-state index in [1.165, 1.54) is 24.1 Å². The lowest BCUT2D eigenvalue weighted by molar-refractivity contribution is -0.139. The Morgan fingerprint density at radius 3 is 2.24 bits per heavy atom. The van der Waals surface area contributed by atoms with E-state index in [1.54, 1.807) is 49.4 Å². The molecule has 0 heterocycles. The lowest BCUT2D eigenvalue weighted by atomic mass is 10.1. The topological polar surface area (TPSA) is 86.8 Å². The van der Waals surface area contributed by atoms with Crippen LogP contribution < -0.4 is 9.62 Å². The van der Waals surface area contributed by atoms with Crippen molar-refractivity contribution in [2.24, 2.45) is 0 Å².